The number of halogens is 1. The maximum absolute atomic E-state index is 12.8. The molecule has 2 aromatic carbocycles. The Bertz CT molecular complexity index is 1650. The molecule has 0 radical (unpaired) electrons. The number of methoxy groups -OCH3 is 1. The maximum Gasteiger partial charge on any atom is 0.271 e. The van der Waals surface area contributed by atoms with Gasteiger partial charge >= 0.3 is 0 Å². The third-order valence-electron chi connectivity index (χ3n) is 5.26. The van der Waals surface area contributed by atoms with Crippen molar-refractivity contribution < 1.29 is 17.9 Å². The van der Waals surface area contributed by atoms with Crippen LogP contribution in [0.3, 0.4) is 0 Å². The lowest BCUT2D eigenvalue weighted by atomic mass is 10.2. The van der Waals surface area contributed by atoms with Crippen molar-refractivity contribution in [2.75, 3.05) is 18.7 Å². The highest BCUT2D eigenvalue weighted by Crippen LogP contribution is 2.32. The van der Waals surface area contributed by atoms with E-state index in [1.165, 1.54) is 37.0 Å². The van der Waals surface area contributed by atoms with Crippen LogP contribution in [0.25, 0.3) is 10.4 Å². The molecule has 8 nitrogen and oxygen atoms in total. The van der Waals surface area contributed by atoms with E-state index >= 15 is 0 Å². The van der Waals surface area contributed by atoms with Crippen LogP contribution in [0.1, 0.15) is 4.88 Å². The number of sulfone groups is 1. The molecule has 1 amide bonds. The molecule has 0 atom stereocenters. The molecule has 0 spiro atoms. The fraction of sp³-hybridized carbons (Fsp3) is 0.0741. The third-order valence-corrected chi connectivity index (χ3v) is 7.84. The molecular weight excluding hydrogens is 544 g/mol. The van der Waals surface area contributed by atoms with Gasteiger partial charge in [0, 0.05) is 17.2 Å². The lowest BCUT2D eigenvalue weighted by molar-refractivity contribution is -0.112. The number of thiophene rings is 1. The van der Waals surface area contributed by atoms with E-state index in [0.29, 0.717) is 32.9 Å². The van der Waals surface area contributed by atoms with Crippen LogP contribution in [-0.2, 0) is 14.6 Å². The van der Waals surface area contributed by atoms with Crippen LogP contribution in [0.15, 0.2) is 101 Å². The van der Waals surface area contributed by atoms with Gasteiger partial charge in [0.15, 0.2) is 9.84 Å². The number of anilines is 1. The van der Waals surface area contributed by atoms with Crippen LogP contribution in [0, 0.1) is 0 Å². The normalized spacial score (nSPS) is 12.3. The van der Waals surface area contributed by atoms with Gasteiger partial charge in [-0.15, -0.1) is 11.3 Å². The van der Waals surface area contributed by atoms with E-state index < -0.39 is 15.7 Å². The van der Waals surface area contributed by atoms with Gasteiger partial charge in [-0.25, -0.2) is 18.4 Å². The zero-order valence-corrected chi connectivity index (χ0v) is 22.8. The fourth-order valence-corrected chi connectivity index (χ4v) is 5.14. The second kappa shape index (κ2) is 11.6. The monoisotopic (exact) mass is 566 g/mol. The van der Waals surface area contributed by atoms with Crippen LogP contribution in [0.5, 0.6) is 5.88 Å². The lowest BCUT2D eigenvalue weighted by Crippen LogP contribution is -2.21. The molecule has 3 N–H and O–H groups in total. The lowest BCUT2D eigenvalue weighted by Gasteiger charge is -2.07. The van der Waals surface area contributed by atoms with E-state index in [9.17, 15) is 13.2 Å². The number of aliphatic imine (C=N–C) groups is 1. The summed E-state index contributed by atoms with van der Waals surface area (Å²) in [6, 6.07) is 20.7. The molecule has 2 aromatic heterocycles. The Hall–Kier alpha value is -3.99. The molecule has 4 rings (SSSR count). The number of ether oxygens (including phenoxy) is 1. The highest BCUT2D eigenvalue weighted by molar-refractivity contribution is 7.90. The van der Waals surface area contributed by atoms with Crippen molar-refractivity contribution >= 4 is 55.8 Å². The number of rotatable bonds is 8. The van der Waals surface area contributed by atoms with Crippen molar-refractivity contribution in [3.63, 3.8) is 0 Å². The minimum absolute atomic E-state index is 0.0827. The number of benzene rings is 2. The number of hydrogen-bond acceptors (Lipinski definition) is 8. The van der Waals surface area contributed by atoms with Gasteiger partial charge in [-0.3, -0.25) is 4.79 Å². The summed E-state index contributed by atoms with van der Waals surface area (Å²) in [5, 5.41) is 3.13. The Morgan fingerprint density at radius 2 is 1.89 bits per heavy atom. The Morgan fingerprint density at radius 1 is 1.11 bits per heavy atom. The fourth-order valence-electron chi connectivity index (χ4n) is 3.33. The first-order valence-electron chi connectivity index (χ1n) is 11.2. The second-order valence-electron chi connectivity index (χ2n) is 8.06. The summed E-state index contributed by atoms with van der Waals surface area (Å²) in [6.07, 6.45) is 4.10. The van der Waals surface area contributed by atoms with Gasteiger partial charge in [-0.2, -0.15) is 0 Å². The zero-order chi connectivity index (χ0) is 27.3. The van der Waals surface area contributed by atoms with Crippen LogP contribution >= 0.6 is 22.9 Å². The van der Waals surface area contributed by atoms with Gasteiger partial charge in [0.05, 0.1) is 50.9 Å². The molecule has 0 bridgehead atoms. The van der Waals surface area contributed by atoms with Crippen molar-refractivity contribution in [1.82, 2.24) is 4.98 Å². The molecule has 4 aromatic rings. The first kappa shape index (κ1) is 27.1. The molecule has 11 heteroatoms. The number of allylic oxidation sites excluding steroid dienone is 1. The number of nitrogens with zero attached hydrogens (tertiary/aromatic N) is 2. The van der Waals surface area contributed by atoms with Crippen molar-refractivity contribution in [3.05, 3.63) is 101 Å². The van der Waals surface area contributed by atoms with Crippen molar-refractivity contribution in [2.24, 2.45) is 10.7 Å². The quantitative estimate of drug-likeness (QED) is 0.215. The smallest absolute Gasteiger partial charge is 0.271 e. The van der Waals surface area contributed by atoms with Crippen LogP contribution in [-0.4, -0.2) is 38.4 Å². The molecule has 2 heterocycles. The first-order chi connectivity index (χ1) is 18.1. The van der Waals surface area contributed by atoms with Gasteiger partial charge in [-0.05, 0) is 54.1 Å². The molecular formula is C27H23ClN4O4S2. The van der Waals surface area contributed by atoms with Gasteiger partial charge in [-0.1, -0.05) is 35.9 Å². The molecule has 194 valence electrons. The standard InChI is InChI=1S/C27H23ClN4O4S2/c1-36-26-13-10-18(16-30-26)31-27(33)21(29)15-23(32-22-9-4-3-8-20(22)28)25-12-11-24(37-25)17-6-5-7-19(14-17)38(2,34)35/h3-16H,29H2,1-2H3,(H,31,33)/b21-15-,32-23?. The van der Waals surface area contributed by atoms with Crippen molar-refractivity contribution in [1.29, 1.82) is 0 Å². The van der Waals surface area contributed by atoms with Crippen molar-refractivity contribution in [3.8, 4) is 16.3 Å². The first-order valence-corrected chi connectivity index (χ1v) is 14.2. The van der Waals surface area contributed by atoms with Gasteiger partial charge in [0.25, 0.3) is 5.91 Å². The van der Waals surface area contributed by atoms with E-state index in [0.717, 1.165) is 10.4 Å². The number of carbonyl (C=O) groups is 1. The molecule has 0 saturated carbocycles. The summed E-state index contributed by atoms with van der Waals surface area (Å²) in [7, 11) is -1.86. The van der Waals surface area contributed by atoms with Gasteiger partial charge in [0.1, 0.15) is 0 Å². The van der Waals surface area contributed by atoms with Crippen molar-refractivity contribution in [2.45, 2.75) is 4.90 Å². The second-order valence-corrected chi connectivity index (χ2v) is 11.6. The summed E-state index contributed by atoms with van der Waals surface area (Å²) in [4.78, 5) is 23.3. The predicted octanol–water partition coefficient (Wildman–Crippen LogP) is 5.48. The highest BCUT2D eigenvalue weighted by Gasteiger charge is 2.14. The number of pyridine rings is 1. The summed E-state index contributed by atoms with van der Waals surface area (Å²) >= 11 is 7.72. The summed E-state index contributed by atoms with van der Waals surface area (Å²) in [5.41, 5.74) is 8.18. The summed E-state index contributed by atoms with van der Waals surface area (Å²) < 4.78 is 29.1. The van der Waals surface area contributed by atoms with E-state index in [1.54, 1.807) is 54.6 Å². The van der Waals surface area contributed by atoms with Crippen LogP contribution in [0.2, 0.25) is 5.02 Å². The molecule has 0 unspecified atom stereocenters. The van der Waals surface area contributed by atoms with E-state index in [-0.39, 0.29) is 10.6 Å². The summed E-state index contributed by atoms with van der Waals surface area (Å²) in [6.45, 7) is 0. The SMILES string of the molecule is COc1ccc(NC(=O)/C(N)=C/C(=Nc2ccccc2Cl)c2ccc(-c3cccc(S(C)(=O)=O)c3)s2)cn1. The van der Waals surface area contributed by atoms with E-state index in [4.69, 9.17) is 22.1 Å². The Balaban J connectivity index is 1.70. The van der Waals surface area contributed by atoms with E-state index in [2.05, 4.69) is 15.3 Å². The minimum Gasteiger partial charge on any atom is -0.481 e. The predicted molar refractivity (Wildman–Crippen MR) is 152 cm³/mol. The Morgan fingerprint density at radius 3 is 2.58 bits per heavy atom. The number of hydrogen-bond donors (Lipinski definition) is 2. The zero-order valence-electron chi connectivity index (χ0n) is 20.4. The molecule has 0 fully saturated rings. The number of nitrogens with two attached hydrogens (primary N) is 1. The molecule has 0 saturated heterocycles. The molecule has 0 aliphatic rings. The average Bonchev–Trinajstić information content (AvgIpc) is 3.40. The van der Waals surface area contributed by atoms with E-state index in [1.807, 2.05) is 18.2 Å². The summed E-state index contributed by atoms with van der Waals surface area (Å²) in [5.74, 6) is -0.127. The average molecular weight is 567 g/mol. The number of para-hydroxylation sites is 1. The number of amides is 1. The van der Waals surface area contributed by atoms with Crippen LogP contribution < -0.4 is 15.8 Å². The number of carbonyl (C=O) groups excluding carboxylic acids is 1. The Kier molecular flexibility index (Phi) is 8.26. The number of nitrogens with one attached hydrogen (secondary N) is 1. The Labute approximate surface area is 229 Å². The molecule has 0 aliphatic carbocycles. The largest absolute Gasteiger partial charge is 0.481 e. The number of aromatic nitrogens is 1. The maximum atomic E-state index is 12.8. The molecule has 38 heavy (non-hydrogen) atoms. The van der Waals surface area contributed by atoms with Gasteiger partial charge < -0.3 is 15.8 Å². The topological polar surface area (TPSA) is 124 Å². The van der Waals surface area contributed by atoms with Gasteiger partial charge in [0.2, 0.25) is 5.88 Å². The minimum atomic E-state index is -3.36. The molecule has 0 aliphatic heterocycles. The van der Waals surface area contributed by atoms with Crippen LogP contribution in [0.4, 0.5) is 11.4 Å². The third kappa shape index (κ3) is 6.65. The highest BCUT2D eigenvalue weighted by atomic mass is 35.5.